The maximum absolute atomic E-state index is 12.0. The maximum atomic E-state index is 12.0. The fourth-order valence-corrected chi connectivity index (χ4v) is 3.04. The molecule has 1 heterocycles. The zero-order chi connectivity index (χ0) is 12.5. The van der Waals surface area contributed by atoms with E-state index >= 15 is 0 Å². The van der Waals surface area contributed by atoms with Crippen LogP contribution < -0.4 is 10.6 Å². The van der Waals surface area contributed by atoms with Gasteiger partial charge in [0.05, 0.1) is 12.1 Å². The topological polar surface area (TPSA) is 61.4 Å². The smallest absolute Gasteiger partial charge is 0.237 e. The fraction of sp³-hybridized carbons (Fsp3) is 0.923. The number of amides is 1. The minimum Gasteiger partial charge on any atom is -0.392 e. The van der Waals surface area contributed by atoms with Crippen LogP contribution in [0, 0.1) is 5.41 Å². The van der Waals surface area contributed by atoms with Crippen LogP contribution in [0.2, 0.25) is 0 Å². The molecular weight excluding hydrogens is 216 g/mol. The lowest BCUT2D eigenvalue weighted by Crippen LogP contribution is -2.47. The third-order valence-corrected chi connectivity index (χ3v) is 3.98. The van der Waals surface area contributed by atoms with E-state index in [-0.39, 0.29) is 18.1 Å². The van der Waals surface area contributed by atoms with E-state index in [1.54, 1.807) is 0 Å². The van der Waals surface area contributed by atoms with Crippen molar-refractivity contribution < 1.29 is 9.90 Å². The predicted octanol–water partition coefficient (Wildman–Crippen LogP) is 0.794. The number of carbonyl (C=O) groups excluding carboxylic acids is 1. The Morgan fingerprint density at radius 1 is 1.47 bits per heavy atom. The number of carbonyl (C=O) groups is 1. The third kappa shape index (κ3) is 3.42. The van der Waals surface area contributed by atoms with Crippen molar-refractivity contribution in [1.82, 2.24) is 10.6 Å². The quantitative estimate of drug-likeness (QED) is 0.669. The normalized spacial score (nSPS) is 36.8. The third-order valence-electron chi connectivity index (χ3n) is 3.98. The SMILES string of the molecule is CC1(C)CCCC(NC(=O)C2CC(O)CN2)C1. The first-order valence-corrected chi connectivity index (χ1v) is 6.68. The minimum atomic E-state index is -0.367. The Bertz CT molecular complexity index is 291. The van der Waals surface area contributed by atoms with Crippen LogP contribution >= 0.6 is 0 Å². The van der Waals surface area contributed by atoms with Crippen LogP contribution in [0.1, 0.15) is 46.0 Å². The number of hydrogen-bond donors (Lipinski definition) is 3. The van der Waals surface area contributed by atoms with Gasteiger partial charge in [0.25, 0.3) is 0 Å². The molecule has 4 nitrogen and oxygen atoms in total. The fourth-order valence-electron chi connectivity index (χ4n) is 3.04. The Labute approximate surface area is 103 Å². The molecular formula is C13H24N2O2. The van der Waals surface area contributed by atoms with Gasteiger partial charge in [-0.25, -0.2) is 0 Å². The summed E-state index contributed by atoms with van der Waals surface area (Å²) in [6.07, 6.45) is 4.77. The molecule has 17 heavy (non-hydrogen) atoms. The molecule has 0 spiro atoms. The Morgan fingerprint density at radius 2 is 2.24 bits per heavy atom. The first-order valence-electron chi connectivity index (χ1n) is 6.68. The van der Waals surface area contributed by atoms with Crippen molar-refractivity contribution in [3.8, 4) is 0 Å². The molecule has 2 rings (SSSR count). The number of β-amino-alcohol motifs (C(OH)–C–C–N with tert-alkyl or cyclic N) is 1. The van der Waals surface area contributed by atoms with E-state index in [4.69, 9.17) is 0 Å². The van der Waals surface area contributed by atoms with E-state index < -0.39 is 0 Å². The lowest BCUT2D eigenvalue weighted by molar-refractivity contribution is -0.124. The second-order valence-electron chi connectivity index (χ2n) is 6.32. The van der Waals surface area contributed by atoms with Gasteiger partial charge in [0.15, 0.2) is 0 Å². The van der Waals surface area contributed by atoms with Crippen molar-refractivity contribution in [3.05, 3.63) is 0 Å². The van der Waals surface area contributed by atoms with Gasteiger partial charge in [-0.2, -0.15) is 0 Å². The van der Waals surface area contributed by atoms with Gasteiger partial charge >= 0.3 is 0 Å². The van der Waals surface area contributed by atoms with Gasteiger partial charge in [-0.05, 0) is 31.1 Å². The molecule has 1 amide bonds. The highest BCUT2D eigenvalue weighted by atomic mass is 16.3. The van der Waals surface area contributed by atoms with Gasteiger partial charge in [0.2, 0.25) is 5.91 Å². The van der Waals surface area contributed by atoms with Crippen LogP contribution in [0.3, 0.4) is 0 Å². The average Bonchev–Trinajstić information content (AvgIpc) is 2.63. The van der Waals surface area contributed by atoms with Crippen molar-refractivity contribution in [2.75, 3.05) is 6.54 Å². The molecule has 3 unspecified atom stereocenters. The summed E-state index contributed by atoms with van der Waals surface area (Å²) in [4.78, 5) is 12.0. The largest absolute Gasteiger partial charge is 0.392 e. The molecule has 2 fully saturated rings. The zero-order valence-corrected chi connectivity index (χ0v) is 10.8. The standard InChI is InChI=1S/C13H24N2O2/c1-13(2)5-3-4-9(7-13)15-12(17)11-6-10(16)8-14-11/h9-11,14,16H,3-8H2,1-2H3,(H,15,17). The van der Waals surface area contributed by atoms with E-state index in [0.717, 1.165) is 12.8 Å². The minimum absolute atomic E-state index is 0.0595. The van der Waals surface area contributed by atoms with Crippen LogP contribution in [0.25, 0.3) is 0 Å². The van der Waals surface area contributed by atoms with E-state index in [2.05, 4.69) is 24.5 Å². The second kappa shape index (κ2) is 4.94. The summed E-state index contributed by atoms with van der Waals surface area (Å²) in [7, 11) is 0. The first kappa shape index (κ1) is 12.8. The Hall–Kier alpha value is -0.610. The van der Waals surface area contributed by atoms with Gasteiger partial charge in [-0.3, -0.25) is 4.79 Å². The van der Waals surface area contributed by atoms with Crippen molar-refractivity contribution in [2.24, 2.45) is 5.41 Å². The van der Waals surface area contributed by atoms with E-state index in [1.165, 1.54) is 12.8 Å². The molecule has 1 aliphatic carbocycles. The predicted molar refractivity (Wildman–Crippen MR) is 66.6 cm³/mol. The van der Waals surface area contributed by atoms with Gasteiger partial charge in [-0.15, -0.1) is 0 Å². The molecule has 1 saturated heterocycles. The molecule has 98 valence electrons. The molecule has 0 bridgehead atoms. The monoisotopic (exact) mass is 240 g/mol. The number of nitrogens with one attached hydrogen (secondary N) is 2. The molecule has 0 aromatic heterocycles. The number of hydrogen-bond acceptors (Lipinski definition) is 3. The lowest BCUT2D eigenvalue weighted by Gasteiger charge is -2.36. The summed E-state index contributed by atoms with van der Waals surface area (Å²) in [5, 5.41) is 15.6. The number of aliphatic hydroxyl groups excluding tert-OH is 1. The number of aliphatic hydroxyl groups is 1. The molecule has 0 aromatic carbocycles. The van der Waals surface area contributed by atoms with Gasteiger partial charge in [-0.1, -0.05) is 20.3 Å². The summed E-state index contributed by atoms with van der Waals surface area (Å²) >= 11 is 0. The van der Waals surface area contributed by atoms with Crippen LogP contribution in [0.5, 0.6) is 0 Å². The molecule has 3 atom stereocenters. The number of rotatable bonds is 2. The highest BCUT2D eigenvalue weighted by Gasteiger charge is 2.32. The molecule has 0 aromatic rings. The second-order valence-corrected chi connectivity index (χ2v) is 6.32. The van der Waals surface area contributed by atoms with Gasteiger partial charge in [0, 0.05) is 12.6 Å². The Balaban J connectivity index is 1.82. The van der Waals surface area contributed by atoms with Crippen LogP contribution in [-0.4, -0.2) is 35.7 Å². The molecule has 0 radical (unpaired) electrons. The first-order chi connectivity index (χ1) is 7.96. The van der Waals surface area contributed by atoms with E-state index in [9.17, 15) is 9.90 Å². The van der Waals surface area contributed by atoms with Gasteiger partial charge in [0.1, 0.15) is 0 Å². The van der Waals surface area contributed by atoms with Crippen LogP contribution in [0.15, 0.2) is 0 Å². The van der Waals surface area contributed by atoms with Crippen molar-refractivity contribution in [1.29, 1.82) is 0 Å². The van der Waals surface area contributed by atoms with Crippen LogP contribution in [0.4, 0.5) is 0 Å². The van der Waals surface area contributed by atoms with Gasteiger partial charge < -0.3 is 15.7 Å². The summed E-state index contributed by atoms with van der Waals surface area (Å²) < 4.78 is 0. The zero-order valence-electron chi connectivity index (χ0n) is 10.8. The van der Waals surface area contributed by atoms with Crippen molar-refractivity contribution >= 4 is 5.91 Å². The lowest BCUT2D eigenvalue weighted by atomic mass is 9.75. The Morgan fingerprint density at radius 3 is 2.82 bits per heavy atom. The summed E-state index contributed by atoms with van der Waals surface area (Å²) in [5.74, 6) is 0.0595. The molecule has 4 heteroatoms. The molecule has 1 aliphatic heterocycles. The highest BCUT2D eigenvalue weighted by Crippen LogP contribution is 2.35. The molecule has 3 N–H and O–H groups in total. The molecule has 2 aliphatic rings. The van der Waals surface area contributed by atoms with E-state index in [1.807, 2.05) is 0 Å². The average molecular weight is 240 g/mol. The van der Waals surface area contributed by atoms with Crippen LogP contribution in [-0.2, 0) is 4.79 Å². The van der Waals surface area contributed by atoms with E-state index in [0.29, 0.717) is 24.4 Å². The Kier molecular flexibility index (Phi) is 3.73. The van der Waals surface area contributed by atoms with Crippen molar-refractivity contribution in [2.45, 2.75) is 64.1 Å². The maximum Gasteiger partial charge on any atom is 0.237 e. The van der Waals surface area contributed by atoms with Crippen molar-refractivity contribution in [3.63, 3.8) is 0 Å². The summed E-state index contributed by atoms with van der Waals surface area (Å²) in [6.45, 7) is 5.07. The molecule has 1 saturated carbocycles. The summed E-state index contributed by atoms with van der Waals surface area (Å²) in [6, 6.07) is 0.112. The summed E-state index contributed by atoms with van der Waals surface area (Å²) in [5.41, 5.74) is 0.346. The highest BCUT2D eigenvalue weighted by molar-refractivity contribution is 5.82.